The van der Waals surface area contributed by atoms with Crippen molar-refractivity contribution >= 4 is 0 Å². The molecule has 0 aromatic rings. The maximum Gasteiger partial charge on any atom is -0.00268 e. The third kappa shape index (κ3) is 2.19. The predicted molar refractivity (Wildman–Crippen MR) is 94.2 cm³/mol. The molecule has 0 radical (unpaired) electrons. The molecule has 0 saturated heterocycles. The molecule has 0 atom stereocenters. The Morgan fingerprint density at radius 3 is 0.864 bits per heavy atom. The van der Waals surface area contributed by atoms with Gasteiger partial charge in [0.15, 0.2) is 0 Å². The molecule has 22 heavy (non-hydrogen) atoms. The van der Waals surface area contributed by atoms with E-state index in [9.17, 15) is 0 Å². The molecule has 4 bridgehead atoms. The van der Waals surface area contributed by atoms with Crippen molar-refractivity contribution in [2.24, 2.45) is 0 Å². The van der Waals surface area contributed by atoms with Crippen LogP contribution in [0.4, 0.5) is 0 Å². The summed E-state index contributed by atoms with van der Waals surface area (Å²) in [6.07, 6.45) is 34.4. The molecule has 4 aliphatic rings. The monoisotopic (exact) mass is 280 g/mol. The smallest absolute Gasteiger partial charge is 0.00268 e. The van der Waals surface area contributed by atoms with Crippen molar-refractivity contribution in [1.29, 1.82) is 0 Å². The molecule has 0 aliphatic heterocycles. The minimum atomic E-state index is 1.25. The van der Waals surface area contributed by atoms with Crippen LogP contribution in [0.2, 0.25) is 0 Å². The molecule has 0 nitrogen and oxygen atoms in total. The second-order valence-corrected chi connectivity index (χ2v) is 5.44. The molecule has 0 aromatic carbocycles. The lowest BCUT2D eigenvalue weighted by atomic mass is 9.86. The normalized spacial score (nSPS) is 21.5. The summed E-state index contributed by atoms with van der Waals surface area (Å²) < 4.78 is 0. The van der Waals surface area contributed by atoms with Crippen molar-refractivity contribution in [1.82, 2.24) is 0 Å². The Labute approximate surface area is 131 Å². The van der Waals surface area contributed by atoms with E-state index in [2.05, 4.69) is 97.2 Å². The summed E-state index contributed by atoms with van der Waals surface area (Å²) in [7, 11) is 0. The minimum Gasteiger partial charge on any atom is -0.0616 e. The largest absolute Gasteiger partial charge is 0.0616 e. The van der Waals surface area contributed by atoms with Crippen molar-refractivity contribution in [3.8, 4) is 0 Å². The Bertz CT molecular complexity index is 708. The van der Waals surface area contributed by atoms with E-state index in [1.54, 1.807) is 0 Å². The Hall–Kier alpha value is -2.86. The van der Waals surface area contributed by atoms with Crippen LogP contribution < -0.4 is 0 Å². The summed E-state index contributed by atoms with van der Waals surface area (Å²) in [5.41, 5.74) is 7.61. The first kappa shape index (κ1) is 12.8. The number of hydrogen-bond donors (Lipinski definition) is 0. The van der Waals surface area contributed by atoms with Gasteiger partial charge in [-0.3, -0.25) is 0 Å². The van der Waals surface area contributed by atoms with E-state index in [4.69, 9.17) is 0 Å². The van der Waals surface area contributed by atoms with Crippen LogP contribution in [-0.4, -0.2) is 0 Å². The summed E-state index contributed by atoms with van der Waals surface area (Å²) >= 11 is 0. The lowest BCUT2D eigenvalue weighted by Crippen LogP contribution is -2.00. The average Bonchev–Trinajstić information content (AvgIpc) is 3.01. The zero-order valence-electron chi connectivity index (χ0n) is 12.2. The Kier molecular flexibility index (Phi) is 3.21. The zero-order valence-corrected chi connectivity index (χ0v) is 12.2. The van der Waals surface area contributed by atoms with Crippen molar-refractivity contribution in [2.45, 2.75) is 0 Å². The van der Waals surface area contributed by atoms with Gasteiger partial charge in [-0.25, -0.2) is 0 Å². The molecule has 4 rings (SSSR count). The quantitative estimate of drug-likeness (QED) is 0.559. The van der Waals surface area contributed by atoms with Crippen molar-refractivity contribution in [2.75, 3.05) is 0 Å². The van der Waals surface area contributed by atoms with Crippen LogP contribution in [0.25, 0.3) is 0 Å². The van der Waals surface area contributed by atoms with Gasteiger partial charge >= 0.3 is 0 Å². The zero-order chi connectivity index (χ0) is 14.8. The van der Waals surface area contributed by atoms with Gasteiger partial charge in [-0.2, -0.15) is 0 Å². The van der Waals surface area contributed by atoms with E-state index in [0.29, 0.717) is 0 Å². The predicted octanol–water partition coefficient (Wildman–Crippen LogP) is 5.38. The van der Waals surface area contributed by atoms with E-state index in [-0.39, 0.29) is 0 Å². The summed E-state index contributed by atoms with van der Waals surface area (Å²) in [5.74, 6) is 0. The third-order valence-electron chi connectivity index (χ3n) is 4.06. The van der Waals surface area contributed by atoms with Crippen LogP contribution in [-0.2, 0) is 0 Å². The molecule has 0 saturated carbocycles. The van der Waals surface area contributed by atoms with Gasteiger partial charge in [-0.05, 0) is 33.4 Å². The Morgan fingerprint density at radius 2 is 0.591 bits per heavy atom. The van der Waals surface area contributed by atoms with E-state index >= 15 is 0 Å². The standard InChI is InChI=1S/C22H16/c1-2-10-18-12-4-3-11-17(9-1)21(18)22-19-13-5-6-14-20(22)16-8-7-15-19/h1-16H. The molecule has 0 fully saturated rings. The molecule has 0 amide bonds. The minimum absolute atomic E-state index is 1.25. The SMILES string of the molecule is C1=CC=C2C=CC=CC(=C1)C2=C1C2=CC=CC=C1C=CC=C2. The van der Waals surface area contributed by atoms with Crippen LogP contribution in [0.3, 0.4) is 0 Å². The van der Waals surface area contributed by atoms with Gasteiger partial charge in [0.2, 0.25) is 0 Å². The second kappa shape index (κ2) is 5.50. The Morgan fingerprint density at radius 1 is 0.318 bits per heavy atom. The molecule has 104 valence electrons. The maximum atomic E-state index is 2.19. The molecular formula is C22H16. The van der Waals surface area contributed by atoms with Gasteiger partial charge in [0.05, 0.1) is 0 Å². The highest BCUT2D eigenvalue weighted by atomic mass is 14.2. The van der Waals surface area contributed by atoms with E-state index in [1.807, 2.05) is 0 Å². The first-order valence-electron chi connectivity index (χ1n) is 7.56. The number of rotatable bonds is 0. The summed E-state index contributed by atoms with van der Waals surface area (Å²) in [6, 6.07) is 0. The number of hydrogen-bond acceptors (Lipinski definition) is 0. The van der Waals surface area contributed by atoms with Gasteiger partial charge in [-0.1, -0.05) is 97.2 Å². The van der Waals surface area contributed by atoms with Crippen LogP contribution in [0.15, 0.2) is 131 Å². The van der Waals surface area contributed by atoms with Crippen molar-refractivity contribution in [3.05, 3.63) is 131 Å². The summed E-state index contributed by atoms with van der Waals surface area (Å²) in [5, 5.41) is 0. The summed E-state index contributed by atoms with van der Waals surface area (Å²) in [6.45, 7) is 0. The third-order valence-corrected chi connectivity index (χ3v) is 4.06. The van der Waals surface area contributed by atoms with Crippen LogP contribution in [0.5, 0.6) is 0 Å². The molecular weight excluding hydrogens is 264 g/mol. The van der Waals surface area contributed by atoms with Gasteiger partial charge in [0, 0.05) is 0 Å². The first-order chi connectivity index (χ1) is 10.9. The fraction of sp³-hybridized carbons (Fsp3) is 0. The Balaban J connectivity index is 2.08. The average molecular weight is 280 g/mol. The highest BCUT2D eigenvalue weighted by molar-refractivity contribution is 5.74. The molecule has 0 heterocycles. The number of fused-ring (bicyclic) bond motifs is 4. The van der Waals surface area contributed by atoms with E-state index in [1.165, 1.54) is 33.4 Å². The van der Waals surface area contributed by atoms with E-state index in [0.717, 1.165) is 0 Å². The topological polar surface area (TPSA) is 0 Å². The lowest BCUT2D eigenvalue weighted by Gasteiger charge is -2.17. The fourth-order valence-corrected chi connectivity index (χ4v) is 3.07. The second-order valence-electron chi connectivity index (χ2n) is 5.44. The number of allylic oxidation sites excluding steroid dienone is 22. The molecule has 4 aliphatic carbocycles. The molecule has 0 aromatic heterocycles. The lowest BCUT2D eigenvalue weighted by molar-refractivity contribution is 1.36. The molecule has 0 spiro atoms. The van der Waals surface area contributed by atoms with Crippen LogP contribution >= 0.6 is 0 Å². The molecule has 0 unspecified atom stereocenters. The van der Waals surface area contributed by atoms with Crippen LogP contribution in [0.1, 0.15) is 0 Å². The van der Waals surface area contributed by atoms with Gasteiger partial charge in [0.1, 0.15) is 0 Å². The maximum absolute atomic E-state index is 2.19. The van der Waals surface area contributed by atoms with Gasteiger partial charge < -0.3 is 0 Å². The summed E-state index contributed by atoms with van der Waals surface area (Å²) in [4.78, 5) is 0. The van der Waals surface area contributed by atoms with E-state index < -0.39 is 0 Å². The van der Waals surface area contributed by atoms with Crippen LogP contribution in [0, 0.1) is 0 Å². The highest BCUT2D eigenvalue weighted by Gasteiger charge is 2.20. The van der Waals surface area contributed by atoms with Crippen molar-refractivity contribution < 1.29 is 0 Å². The first-order valence-corrected chi connectivity index (χ1v) is 7.56. The van der Waals surface area contributed by atoms with Crippen molar-refractivity contribution in [3.63, 3.8) is 0 Å². The molecule has 0 heteroatoms. The highest BCUT2D eigenvalue weighted by Crippen LogP contribution is 2.38. The van der Waals surface area contributed by atoms with Gasteiger partial charge in [-0.15, -0.1) is 0 Å². The fourth-order valence-electron chi connectivity index (χ4n) is 3.07. The molecule has 0 N–H and O–H groups in total. The van der Waals surface area contributed by atoms with Gasteiger partial charge in [0.25, 0.3) is 0 Å².